The fourth-order valence-electron chi connectivity index (χ4n) is 2.69. The maximum Gasteiger partial charge on any atom is 0.253 e. The lowest BCUT2D eigenvalue weighted by molar-refractivity contribution is 0.0595. The van der Waals surface area contributed by atoms with E-state index in [1.54, 1.807) is 29.2 Å². The van der Waals surface area contributed by atoms with E-state index in [1.165, 1.54) is 12.1 Å². The van der Waals surface area contributed by atoms with Gasteiger partial charge >= 0.3 is 0 Å². The summed E-state index contributed by atoms with van der Waals surface area (Å²) in [7, 11) is 0. The van der Waals surface area contributed by atoms with Crippen molar-refractivity contribution in [1.29, 1.82) is 0 Å². The molecule has 0 N–H and O–H groups in total. The van der Waals surface area contributed by atoms with Gasteiger partial charge < -0.3 is 9.64 Å². The molecule has 23 heavy (non-hydrogen) atoms. The highest BCUT2D eigenvalue weighted by Crippen LogP contribution is 2.22. The van der Waals surface area contributed by atoms with Crippen LogP contribution < -0.4 is 4.74 Å². The summed E-state index contributed by atoms with van der Waals surface area (Å²) in [6.07, 6.45) is 1.58. The number of piperidine rings is 1. The van der Waals surface area contributed by atoms with Crippen LogP contribution in [0, 0.1) is 5.82 Å². The van der Waals surface area contributed by atoms with Gasteiger partial charge in [0.1, 0.15) is 17.7 Å². The Morgan fingerprint density at radius 1 is 1.13 bits per heavy atom. The van der Waals surface area contributed by atoms with E-state index in [2.05, 4.69) is 0 Å². The first-order valence-electron chi connectivity index (χ1n) is 7.59. The Morgan fingerprint density at radius 2 is 1.83 bits per heavy atom. The van der Waals surface area contributed by atoms with E-state index in [0.717, 1.165) is 18.6 Å². The minimum absolute atomic E-state index is 0.0766. The third kappa shape index (κ3) is 4.02. The largest absolute Gasteiger partial charge is 0.490 e. The molecule has 120 valence electrons. The van der Waals surface area contributed by atoms with Crippen LogP contribution in [0.5, 0.6) is 5.75 Å². The Labute approximate surface area is 139 Å². The molecule has 1 amide bonds. The summed E-state index contributed by atoms with van der Waals surface area (Å²) in [5, 5.41) is 0.674. The number of halogens is 2. The Balaban J connectivity index is 1.55. The summed E-state index contributed by atoms with van der Waals surface area (Å²) < 4.78 is 19.1. The molecule has 3 nitrogen and oxygen atoms in total. The third-order valence-corrected chi connectivity index (χ3v) is 4.17. The number of carbonyl (C=O) groups excluding carboxylic acids is 1. The number of carbonyl (C=O) groups is 1. The Bertz CT molecular complexity index is 682. The molecule has 1 fully saturated rings. The number of likely N-dealkylation sites (tertiary alicyclic amines) is 1. The number of benzene rings is 2. The highest BCUT2D eigenvalue weighted by atomic mass is 35.5. The van der Waals surface area contributed by atoms with Crippen LogP contribution >= 0.6 is 11.6 Å². The molecule has 0 spiro atoms. The van der Waals surface area contributed by atoms with Gasteiger partial charge in [-0.05, 0) is 42.5 Å². The zero-order valence-electron chi connectivity index (χ0n) is 12.5. The number of hydrogen-bond acceptors (Lipinski definition) is 2. The molecule has 2 aromatic carbocycles. The predicted octanol–water partition coefficient (Wildman–Crippen LogP) is 4.16. The molecular formula is C18H17ClFNO2. The second-order valence-electron chi connectivity index (χ2n) is 5.57. The molecule has 1 aliphatic heterocycles. The highest BCUT2D eigenvalue weighted by molar-refractivity contribution is 6.30. The van der Waals surface area contributed by atoms with Gasteiger partial charge in [0.25, 0.3) is 5.91 Å². The fourth-order valence-corrected chi connectivity index (χ4v) is 2.81. The van der Waals surface area contributed by atoms with Crippen LogP contribution in [0.1, 0.15) is 23.2 Å². The minimum Gasteiger partial charge on any atom is -0.490 e. The van der Waals surface area contributed by atoms with Crippen molar-refractivity contribution in [1.82, 2.24) is 4.90 Å². The molecule has 1 aliphatic rings. The van der Waals surface area contributed by atoms with Gasteiger partial charge in [-0.2, -0.15) is 0 Å². The molecule has 0 unspecified atom stereocenters. The van der Waals surface area contributed by atoms with Crippen molar-refractivity contribution in [2.45, 2.75) is 18.9 Å². The summed E-state index contributed by atoms with van der Waals surface area (Å²) >= 11 is 5.85. The van der Waals surface area contributed by atoms with E-state index in [-0.39, 0.29) is 12.0 Å². The first-order chi connectivity index (χ1) is 11.1. The van der Waals surface area contributed by atoms with Crippen molar-refractivity contribution in [3.05, 3.63) is 64.9 Å². The monoisotopic (exact) mass is 333 g/mol. The molecule has 1 heterocycles. The van der Waals surface area contributed by atoms with Gasteiger partial charge in [-0.1, -0.05) is 17.7 Å². The number of nitrogens with zero attached hydrogens (tertiary/aromatic N) is 1. The van der Waals surface area contributed by atoms with Crippen LogP contribution in [0.25, 0.3) is 0 Å². The summed E-state index contributed by atoms with van der Waals surface area (Å²) in [4.78, 5) is 14.1. The predicted molar refractivity (Wildman–Crippen MR) is 87.4 cm³/mol. The molecule has 1 saturated heterocycles. The van der Waals surface area contributed by atoms with Crippen LogP contribution in [-0.4, -0.2) is 30.0 Å². The van der Waals surface area contributed by atoms with Crippen molar-refractivity contribution in [2.75, 3.05) is 13.1 Å². The van der Waals surface area contributed by atoms with E-state index in [1.807, 2.05) is 12.1 Å². The van der Waals surface area contributed by atoms with Gasteiger partial charge in [0.05, 0.1) is 0 Å². The van der Waals surface area contributed by atoms with Crippen LogP contribution in [0.3, 0.4) is 0 Å². The zero-order valence-corrected chi connectivity index (χ0v) is 13.3. The topological polar surface area (TPSA) is 29.5 Å². The first kappa shape index (κ1) is 15.8. The summed E-state index contributed by atoms with van der Waals surface area (Å²) in [6.45, 7) is 1.21. The lowest BCUT2D eigenvalue weighted by Crippen LogP contribution is -2.41. The summed E-state index contributed by atoms with van der Waals surface area (Å²) in [5.41, 5.74) is 0.391. The quantitative estimate of drug-likeness (QED) is 0.844. The standard InChI is InChI=1S/C18H17ClFNO2/c19-14-4-6-16(7-5-14)23-17-8-10-21(11-9-17)18(22)13-2-1-3-15(20)12-13/h1-7,12,17H,8-11H2. The third-order valence-electron chi connectivity index (χ3n) is 3.92. The maximum atomic E-state index is 13.2. The van der Waals surface area contributed by atoms with Gasteiger partial charge in [-0.25, -0.2) is 4.39 Å². The highest BCUT2D eigenvalue weighted by Gasteiger charge is 2.24. The van der Waals surface area contributed by atoms with Gasteiger partial charge in [0.2, 0.25) is 0 Å². The molecule has 0 atom stereocenters. The van der Waals surface area contributed by atoms with Gasteiger partial charge in [0, 0.05) is 36.5 Å². The van der Waals surface area contributed by atoms with Crippen molar-refractivity contribution < 1.29 is 13.9 Å². The molecule has 5 heteroatoms. The number of amides is 1. The number of rotatable bonds is 3. The molecule has 2 aromatic rings. The van der Waals surface area contributed by atoms with Crippen molar-refractivity contribution in [3.63, 3.8) is 0 Å². The lowest BCUT2D eigenvalue weighted by atomic mass is 10.1. The smallest absolute Gasteiger partial charge is 0.253 e. The molecule has 0 aliphatic carbocycles. The average molecular weight is 334 g/mol. The molecule has 0 radical (unpaired) electrons. The number of ether oxygens (including phenoxy) is 1. The second kappa shape index (κ2) is 7.01. The van der Waals surface area contributed by atoms with Crippen molar-refractivity contribution in [3.8, 4) is 5.75 Å². The van der Waals surface area contributed by atoms with Crippen LogP contribution in [0.4, 0.5) is 4.39 Å². The lowest BCUT2D eigenvalue weighted by Gasteiger charge is -2.32. The van der Waals surface area contributed by atoms with E-state index >= 15 is 0 Å². The van der Waals surface area contributed by atoms with Gasteiger partial charge in [-0.3, -0.25) is 4.79 Å². The Hall–Kier alpha value is -2.07. The van der Waals surface area contributed by atoms with E-state index in [9.17, 15) is 9.18 Å². The molecule has 0 bridgehead atoms. The second-order valence-corrected chi connectivity index (χ2v) is 6.01. The SMILES string of the molecule is O=C(c1cccc(F)c1)N1CCC(Oc2ccc(Cl)cc2)CC1. The van der Waals surface area contributed by atoms with Gasteiger partial charge in [0.15, 0.2) is 0 Å². The average Bonchev–Trinajstić information content (AvgIpc) is 2.57. The van der Waals surface area contributed by atoms with Crippen LogP contribution in [0.15, 0.2) is 48.5 Å². The van der Waals surface area contributed by atoms with E-state index in [4.69, 9.17) is 16.3 Å². The van der Waals surface area contributed by atoms with Crippen molar-refractivity contribution in [2.24, 2.45) is 0 Å². The van der Waals surface area contributed by atoms with E-state index < -0.39 is 5.82 Å². The Kier molecular flexibility index (Phi) is 4.82. The van der Waals surface area contributed by atoms with E-state index in [0.29, 0.717) is 23.7 Å². The minimum atomic E-state index is -0.392. The van der Waals surface area contributed by atoms with Gasteiger partial charge in [-0.15, -0.1) is 0 Å². The summed E-state index contributed by atoms with van der Waals surface area (Å²) in [5.74, 6) is 0.260. The maximum absolute atomic E-state index is 13.2. The van der Waals surface area contributed by atoms with Crippen molar-refractivity contribution >= 4 is 17.5 Å². The first-order valence-corrected chi connectivity index (χ1v) is 7.97. The zero-order chi connectivity index (χ0) is 16.2. The molecule has 0 aromatic heterocycles. The Morgan fingerprint density at radius 3 is 2.48 bits per heavy atom. The number of hydrogen-bond donors (Lipinski definition) is 0. The summed E-state index contributed by atoms with van der Waals surface area (Å²) in [6, 6.07) is 13.1. The molecular weight excluding hydrogens is 317 g/mol. The molecule has 3 rings (SSSR count). The fraction of sp³-hybridized carbons (Fsp3) is 0.278. The molecule has 0 saturated carbocycles. The van der Waals surface area contributed by atoms with Crippen LogP contribution in [-0.2, 0) is 0 Å². The van der Waals surface area contributed by atoms with Crippen LogP contribution in [0.2, 0.25) is 5.02 Å². The normalized spacial score (nSPS) is 15.5.